The molecule has 0 saturated heterocycles. The predicted molar refractivity (Wildman–Crippen MR) is 95.9 cm³/mol. The van der Waals surface area contributed by atoms with E-state index in [-0.39, 0.29) is 17.3 Å². The van der Waals surface area contributed by atoms with Gasteiger partial charge in [0.05, 0.1) is 4.88 Å². The third-order valence-corrected chi connectivity index (χ3v) is 4.30. The lowest BCUT2D eigenvalue weighted by molar-refractivity contribution is -0.141. The molecule has 0 unspecified atom stereocenters. The first kappa shape index (κ1) is 18.6. The van der Waals surface area contributed by atoms with Crippen LogP contribution < -0.4 is 10.6 Å². The minimum Gasteiger partial charge on any atom is -0.321 e. The second-order valence-corrected chi connectivity index (χ2v) is 6.32. The zero-order valence-corrected chi connectivity index (χ0v) is 14.4. The Balaban J connectivity index is 1.66. The fraction of sp³-hybridized carbons (Fsp3) is 0.0556. The van der Waals surface area contributed by atoms with Gasteiger partial charge in [0, 0.05) is 11.3 Å². The summed E-state index contributed by atoms with van der Waals surface area (Å²) in [5.74, 6) is -1.08. The number of anilines is 2. The van der Waals surface area contributed by atoms with E-state index in [1.54, 1.807) is 17.5 Å². The molecule has 2 heterocycles. The number of hydrogen-bond acceptors (Lipinski definition) is 4. The minimum atomic E-state index is -4.59. The van der Waals surface area contributed by atoms with E-state index >= 15 is 0 Å². The van der Waals surface area contributed by atoms with Crippen LogP contribution in [0.3, 0.4) is 0 Å². The summed E-state index contributed by atoms with van der Waals surface area (Å²) in [5, 5.41) is 6.79. The number of thiophene rings is 1. The van der Waals surface area contributed by atoms with Crippen molar-refractivity contribution in [2.75, 3.05) is 10.6 Å². The van der Waals surface area contributed by atoms with Crippen molar-refractivity contribution >= 4 is 34.7 Å². The summed E-state index contributed by atoms with van der Waals surface area (Å²) >= 11 is 1.30. The highest BCUT2D eigenvalue weighted by molar-refractivity contribution is 7.12. The van der Waals surface area contributed by atoms with E-state index in [1.165, 1.54) is 41.7 Å². The summed E-state index contributed by atoms with van der Waals surface area (Å²) in [4.78, 5) is 28.1. The van der Waals surface area contributed by atoms with Crippen molar-refractivity contribution in [3.8, 4) is 0 Å². The molecule has 3 rings (SSSR count). The molecule has 138 valence electrons. The number of amides is 2. The first-order chi connectivity index (χ1) is 12.8. The van der Waals surface area contributed by atoms with E-state index in [0.29, 0.717) is 10.6 Å². The molecule has 0 radical (unpaired) electrons. The number of alkyl halides is 3. The van der Waals surface area contributed by atoms with Gasteiger partial charge in [0.15, 0.2) is 0 Å². The largest absolute Gasteiger partial charge is 0.433 e. The van der Waals surface area contributed by atoms with Crippen molar-refractivity contribution in [1.29, 1.82) is 0 Å². The minimum absolute atomic E-state index is 0.204. The monoisotopic (exact) mass is 391 g/mol. The maximum atomic E-state index is 12.7. The van der Waals surface area contributed by atoms with Gasteiger partial charge in [-0.05, 0) is 47.8 Å². The molecule has 2 N–H and O–H groups in total. The van der Waals surface area contributed by atoms with Crippen molar-refractivity contribution in [3.05, 3.63) is 76.1 Å². The van der Waals surface area contributed by atoms with Crippen molar-refractivity contribution in [1.82, 2.24) is 4.98 Å². The molecule has 0 aliphatic rings. The number of nitrogens with zero attached hydrogens (tertiary/aromatic N) is 1. The molecular weight excluding hydrogens is 379 g/mol. The number of benzene rings is 1. The van der Waals surface area contributed by atoms with Crippen molar-refractivity contribution in [2.24, 2.45) is 0 Å². The third-order valence-electron chi connectivity index (χ3n) is 3.43. The number of nitrogens with one attached hydrogen (secondary N) is 2. The van der Waals surface area contributed by atoms with Gasteiger partial charge in [-0.3, -0.25) is 9.59 Å². The predicted octanol–water partition coefficient (Wildman–Crippen LogP) is 4.67. The van der Waals surface area contributed by atoms with Crippen LogP contribution >= 0.6 is 11.3 Å². The summed E-state index contributed by atoms with van der Waals surface area (Å²) in [6.45, 7) is 0. The van der Waals surface area contributed by atoms with Crippen LogP contribution in [0.15, 0.2) is 60.0 Å². The lowest BCUT2D eigenvalue weighted by Gasteiger charge is -2.09. The average Bonchev–Trinajstić information content (AvgIpc) is 3.16. The standard InChI is InChI=1S/C18H12F3N3O2S/c19-18(20,21)14-4-1-5-15(23-14)24-16(25)11-6-8-12(9-7-11)22-17(26)13-3-2-10-27-13/h1-10H,(H,22,26)(H,23,24,25). The molecule has 5 nitrogen and oxygen atoms in total. The molecule has 0 aliphatic carbocycles. The molecule has 0 saturated carbocycles. The van der Waals surface area contributed by atoms with Crippen molar-refractivity contribution in [2.45, 2.75) is 6.18 Å². The highest BCUT2D eigenvalue weighted by Crippen LogP contribution is 2.28. The van der Waals surface area contributed by atoms with Gasteiger partial charge in [0.1, 0.15) is 11.5 Å². The topological polar surface area (TPSA) is 71.1 Å². The molecule has 2 aromatic heterocycles. The molecular formula is C18H12F3N3O2S. The van der Waals surface area contributed by atoms with Gasteiger partial charge in [0.25, 0.3) is 11.8 Å². The zero-order valence-electron chi connectivity index (χ0n) is 13.6. The quantitative estimate of drug-likeness (QED) is 0.679. The van der Waals surface area contributed by atoms with Gasteiger partial charge in [-0.1, -0.05) is 12.1 Å². The first-order valence-electron chi connectivity index (χ1n) is 7.63. The number of rotatable bonds is 4. The number of pyridine rings is 1. The molecule has 0 fully saturated rings. The molecule has 2 amide bonds. The summed E-state index contributed by atoms with van der Waals surface area (Å²) < 4.78 is 38.0. The van der Waals surface area contributed by atoms with Crippen LogP contribution in [0.2, 0.25) is 0 Å². The van der Waals surface area contributed by atoms with Gasteiger partial charge < -0.3 is 10.6 Å². The Labute approximate surface area is 155 Å². The van der Waals surface area contributed by atoms with Gasteiger partial charge in [-0.25, -0.2) is 4.98 Å². The second-order valence-electron chi connectivity index (χ2n) is 5.37. The fourth-order valence-electron chi connectivity index (χ4n) is 2.16. The van der Waals surface area contributed by atoms with E-state index in [9.17, 15) is 22.8 Å². The van der Waals surface area contributed by atoms with Crippen LogP contribution in [0.25, 0.3) is 0 Å². The maximum absolute atomic E-state index is 12.7. The van der Waals surface area contributed by atoms with Crippen LogP contribution in [0.5, 0.6) is 0 Å². The van der Waals surface area contributed by atoms with Crippen LogP contribution in [-0.4, -0.2) is 16.8 Å². The van der Waals surface area contributed by atoms with E-state index in [0.717, 1.165) is 12.1 Å². The Morgan fingerprint density at radius 1 is 0.889 bits per heavy atom. The number of carbonyl (C=O) groups excluding carboxylic acids is 2. The smallest absolute Gasteiger partial charge is 0.321 e. The Morgan fingerprint density at radius 2 is 1.63 bits per heavy atom. The van der Waals surface area contributed by atoms with Gasteiger partial charge in [-0.15, -0.1) is 11.3 Å². The van der Waals surface area contributed by atoms with E-state index in [2.05, 4.69) is 15.6 Å². The number of carbonyl (C=O) groups is 2. The van der Waals surface area contributed by atoms with Crippen molar-refractivity contribution < 1.29 is 22.8 Å². The molecule has 0 spiro atoms. The van der Waals surface area contributed by atoms with Crippen LogP contribution in [0.4, 0.5) is 24.7 Å². The Hall–Kier alpha value is -3.20. The summed E-state index contributed by atoms with van der Waals surface area (Å²) in [7, 11) is 0. The summed E-state index contributed by atoms with van der Waals surface area (Å²) in [6, 6.07) is 12.6. The normalized spacial score (nSPS) is 11.1. The van der Waals surface area contributed by atoms with E-state index < -0.39 is 17.8 Å². The summed E-state index contributed by atoms with van der Waals surface area (Å²) in [5.41, 5.74) is -0.391. The third kappa shape index (κ3) is 4.70. The highest BCUT2D eigenvalue weighted by atomic mass is 32.1. The molecule has 3 aromatic rings. The molecule has 0 aliphatic heterocycles. The summed E-state index contributed by atoms with van der Waals surface area (Å²) in [6.07, 6.45) is -4.59. The lowest BCUT2D eigenvalue weighted by atomic mass is 10.2. The van der Waals surface area contributed by atoms with Crippen molar-refractivity contribution in [3.63, 3.8) is 0 Å². The maximum Gasteiger partial charge on any atom is 0.433 e. The SMILES string of the molecule is O=C(Nc1cccc(C(F)(F)F)n1)c1ccc(NC(=O)c2cccs2)cc1. The Kier molecular flexibility index (Phi) is 5.22. The van der Waals surface area contributed by atoms with Gasteiger partial charge in [-0.2, -0.15) is 13.2 Å². The zero-order chi connectivity index (χ0) is 19.4. The highest BCUT2D eigenvalue weighted by Gasteiger charge is 2.32. The molecule has 0 bridgehead atoms. The average molecular weight is 391 g/mol. The van der Waals surface area contributed by atoms with Crippen LogP contribution in [0.1, 0.15) is 25.7 Å². The van der Waals surface area contributed by atoms with Gasteiger partial charge in [0.2, 0.25) is 0 Å². The number of halogens is 3. The molecule has 27 heavy (non-hydrogen) atoms. The molecule has 0 atom stereocenters. The second kappa shape index (κ2) is 7.58. The molecule has 1 aromatic carbocycles. The van der Waals surface area contributed by atoms with Crippen LogP contribution in [0, 0.1) is 0 Å². The fourth-order valence-corrected chi connectivity index (χ4v) is 2.78. The molecule has 9 heteroatoms. The number of aromatic nitrogens is 1. The Bertz CT molecular complexity index is 955. The lowest BCUT2D eigenvalue weighted by Crippen LogP contribution is -2.15. The van der Waals surface area contributed by atoms with E-state index in [1.807, 2.05) is 0 Å². The van der Waals surface area contributed by atoms with Gasteiger partial charge >= 0.3 is 6.18 Å². The Morgan fingerprint density at radius 3 is 2.26 bits per heavy atom. The van der Waals surface area contributed by atoms with E-state index in [4.69, 9.17) is 0 Å². The number of hydrogen-bond donors (Lipinski definition) is 2. The van der Waals surface area contributed by atoms with Crippen LogP contribution in [-0.2, 0) is 6.18 Å². The first-order valence-corrected chi connectivity index (χ1v) is 8.51.